The highest BCUT2D eigenvalue weighted by atomic mass is 16.4. The molecule has 0 radical (unpaired) electrons. The van der Waals surface area contributed by atoms with E-state index in [1.165, 1.54) is 16.5 Å². The summed E-state index contributed by atoms with van der Waals surface area (Å²) in [5.74, 6) is -0.874. The summed E-state index contributed by atoms with van der Waals surface area (Å²) in [4.78, 5) is 46.1. The monoisotopic (exact) mass is 407 g/mol. The lowest BCUT2D eigenvalue weighted by atomic mass is 10.0. The topological polar surface area (TPSA) is 118 Å². The number of carbonyl (C=O) groups excluding carboxylic acids is 2. The standard InChI is InChI=1S/C21H21N5O4/c1-12(27)20-16-8-14(15-9-22-13(2)23-10-15)5-6-17(16)26(24-20)11-19(28)25-7-3-4-18(25)21(29)30/h5-6,8-10,18H,3-4,7,11H2,1-2H3,(H,29,30)/t18-/m0/s1. The van der Waals surface area contributed by atoms with E-state index in [9.17, 15) is 19.5 Å². The molecular weight excluding hydrogens is 386 g/mol. The summed E-state index contributed by atoms with van der Waals surface area (Å²) in [6, 6.07) is 4.69. The summed E-state index contributed by atoms with van der Waals surface area (Å²) in [5.41, 5.74) is 2.55. The van der Waals surface area contributed by atoms with Crippen LogP contribution in [0.15, 0.2) is 30.6 Å². The van der Waals surface area contributed by atoms with Crippen molar-refractivity contribution in [2.45, 2.75) is 39.3 Å². The zero-order valence-corrected chi connectivity index (χ0v) is 16.7. The quantitative estimate of drug-likeness (QED) is 0.643. The molecule has 0 saturated carbocycles. The lowest BCUT2D eigenvalue weighted by Crippen LogP contribution is -2.42. The van der Waals surface area contributed by atoms with E-state index in [0.29, 0.717) is 36.1 Å². The van der Waals surface area contributed by atoms with Gasteiger partial charge in [0.05, 0.1) is 5.52 Å². The Morgan fingerprint density at radius 1 is 1.17 bits per heavy atom. The van der Waals surface area contributed by atoms with Crippen molar-refractivity contribution in [3.05, 3.63) is 42.1 Å². The molecule has 0 spiro atoms. The van der Waals surface area contributed by atoms with Crippen LogP contribution < -0.4 is 0 Å². The zero-order valence-electron chi connectivity index (χ0n) is 16.7. The number of aromatic nitrogens is 4. The molecule has 1 fully saturated rings. The summed E-state index contributed by atoms with van der Waals surface area (Å²) >= 11 is 0. The van der Waals surface area contributed by atoms with Crippen LogP contribution >= 0.6 is 0 Å². The van der Waals surface area contributed by atoms with Crippen LogP contribution in [0.2, 0.25) is 0 Å². The van der Waals surface area contributed by atoms with Crippen molar-refractivity contribution >= 4 is 28.6 Å². The van der Waals surface area contributed by atoms with Gasteiger partial charge in [-0.25, -0.2) is 14.8 Å². The van der Waals surface area contributed by atoms with E-state index in [-0.39, 0.29) is 23.9 Å². The fourth-order valence-electron chi connectivity index (χ4n) is 3.82. The molecule has 3 aromatic rings. The van der Waals surface area contributed by atoms with Crippen LogP contribution in [0.1, 0.15) is 36.1 Å². The number of hydrogen-bond donors (Lipinski definition) is 1. The molecule has 1 amide bonds. The van der Waals surface area contributed by atoms with Crippen LogP contribution in [0.3, 0.4) is 0 Å². The van der Waals surface area contributed by atoms with E-state index in [0.717, 1.165) is 11.1 Å². The summed E-state index contributed by atoms with van der Waals surface area (Å²) in [7, 11) is 0. The summed E-state index contributed by atoms with van der Waals surface area (Å²) < 4.78 is 1.47. The Kier molecular flexibility index (Phi) is 5.03. The molecule has 2 aromatic heterocycles. The lowest BCUT2D eigenvalue weighted by molar-refractivity contribution is -0.148. The van der Waals surface area contributed by atoms with Gasteiger partial charge in [0.15, 0.2) is 5.78 Å². The molecule has 154 valence electrons. The highest BCUT2D eigenvalue weighted by molar-refractivity contribution is 6.06. The third-order valence-corrected chi connectivity index (χ3v) is 5.34. The van der Waals surface area contributed by atoms with Gasteiger partial charge in [0.25, 0.3) is 0 Å². The van der Waals surface area contributed by atoms with Crippen LogP contribution in [0, 0.1) is 6.92 Å². The maximum atomic E-state index is 12.8. The highest BCUT2D eigenvalue weighted by Gasteiger charge is 2.34. The van der Waals surface area contributed by atoms with Crippen LogP contribution in [-0.2, 0) is 16.1 Å². The molecule has 1 saturated heterocycles. The minimum Gasteiger partial charge on any atom is -0.480 e. The number of ketones is 1. The Morgan fingerprint density at radius 3 is 2.57 bits per heavy atom. The Labute approximate surface area is 172 Å². The SMILES string of the molecule is CC(=O)c1nn(CC(=O)N2CCC[C@H]2C(=O)O)c2ccc(-c3cnc(C)nc3)cc12. The van der Waals surface area contributed by atoms with Gasteiger partial charge < -0.3 is 10.0 Å². The molecular formula is C21H21N5O4. The summed E-state index contributed by atoms with van der Waals surface area (Å²) in [6.07, 6.45) is 4.53. The van der Waals surface area contributed by atoms with Crippen molar-refractivity contribution in [3.63, 3.8) is 0 Å². The number of carboxylic acids is 1. The van der Waals surface area contributed by atoms with E-state index in [4.69, 9.17) is 0 Å². The van der Waals surface area contributed by atoms with Gasteiger partial charge in [-0.2, -0.15) is 5.10 Å². The van der Waals surface area contributed by atoms with Gasteiger partial charge in [0.1, 0.15) is 24.1 Å². The van der Waals surface area contributed by atoms with Crippen molar-refractivity contribution in [3.8, 4) is 11.1 Å². The largest absolute Gasteiger partial charge is 0.480 e. The predicted octanol–water partition coefficient (Wildman–Crippen LogP) is 2.08. The van der Waals surface area contributed by atoms with Gasteiger partial charge in [0, 0.05) is 36.8 Å². The second kappa shape index (κ2) is 7.66. The van der Waals surface area contributed by atoms with Crippen LogP contribution in [-0.4, -0.2) is 60.0 Å². The number of amides is 1. The maximum Gasteiger partial charge on any atom is 0.326 e. The molecule has 9 heteroatoms. The van der Waals surface area contributed by atoms with E-state index in [1.54, 1.807) is 25.4 Å². The number of nitrogens with zero attached hydrogens (tertiary/aromatic N) is 5. The van der Waals surface area contributed by atoms with Crippen molar-refractivity contribution < 1.29 is 19.5 Å². The van der Waals surface area contributed by atoms with Gasteiger partial charge in [-0.1, -0.05) is 6.07 Å². The molecule has 0 unspecified atom stereocenters. The molecule has 9 nitrogen and oxygen atoms in total. The van der Waals surface area contributed by atoms with Crippen LogP contribution in [0.4, 0.5) is 0 Å². The zero-order chi connectivity index (χ0) is 21.4. The summed E-state index contributed by atoms with van der Waals surface area (Å²) in [5, 5.41) is 14.3. The minimum atomic E-state index is -0.999. The normalized spacial score (nSPS) is 16.2. The van der Waals surface area contributed by atoms with E-state index >= 15 is 0 Å². The first-order valence-electron chi connectivity index (χ1n) is 9.68. The number of carboxylic acid groups (broad SMARTS) is 1. The number of likely N-dealkylation sites (tertiary alicyclic amines) is 1. The van der Waals surface area contributed by atoms with Crippen molar-refractivity contribution in [2.75, 3.05) is 6.54 Å². The van der Waals surface area contributed by atoms with Gasteiger partial charge in [-0.15, -0.1) is 0 Å². The average Bonchev–Trinajstić information content (AvgIpc) is 3.34. The third-order valence-electron chi connectivity index (χ3n) is 5.34. The third kappa shape index (κ3) is 3.54. The fourth-order valence-corrected chi connectivity index (χ4v) is 3.82. The molecule has 1 N–H and O–H groups in total. The van der Waals surface area contributed by atoms with E-state index < -0.39 is 12.0 Å². The Hall–Kier alpha value is -3.62. The fraction of sp³-hybridized carbons (Fsp3) is 0.333. The second-order valence-electron chi connectivity index (χ2n) is 7.40. The number of aryl methyl sites for hydroxylation is 1. The number of Topliss-reactive ketones (excluding diaryl/α,β-unsaturated/α-hetero) is 1. The molecule has 4 rings (SSSR count). The Morgan fingerprint density at radius 2 is 1.90 bits per heavy atom. The molecule has 3 heterocycles. The van der Waals surface area contributed by atoms with E-state index in [2.05, 4.69) is 15.1 Å². The van der Waals surface area contributed by atoms with Crippen molar-refractivity contribution in [1.29, 1.82) is 0 Å². The summed E-state index contributed by atoms with van der Waals surface area (Å²) in [6.45, 7) is 3.51. The van der Waals surface area contributed by atoms with Crippen molar-refractivity contribution in [2.24, 2.45) is 0 Å². The highest BCUT2D eigenvalue weighted by Crippen LogP contribution is 2.27. The van der Waals surface area contributed by atoms with Gasteiger partial charge in [-0.05, 0) is 37.5 Å². The maximum absolute atomic E-state index is 12.8. The number of aliphatic carboxylic acids is 1. The lowest BCUT2D eigenvalue weighted by Gasteiger charge is -2.21. The first kappa shape index (κ1) is 19.7. The van der Waals surface area contributed by atoms with Gasteiger partial charge in [0.2, 0.25) is 5.91 Å². The van der Waals surface area contributed by atoms with Gasteiger partial charge >= 0.3 is 5.97 Å². The number of carbonyl (C=O) groups is 3. The molecule has 1 aliphatic rings. The number of rotatable bonds is 5. The predicted molar refractivity (Wildman–Crippen MR) is 108 cm³/mol. The Bertz CT molecular complexity index is 1150. The number of hydrogen-bond acceptors (Lipinski definition) is 6. The Balaban J connectivity index is 1.70. The molecule has 30 heavy (non-hydrogen) atoms. The van der Waals surface area contributed by atoms with Crippen molar-refractivity contribution in [1.82, 2.24) is 24.6 Å². The molecule has 0 aliphatic carbocycles. The number of benzene rings is 1. The van der Waals surface area contributed by atoms with E-state index in [1.807, 2.05) is 12.1 Å². The molecule has 0 bridgehead atoms. The molecule has 1 atom stereocenters. The van der Waals surface area contributed by atoms with Crippen LogP contribution in [0.25, 0.3) is 22.0 Å². The molecule has 1 aromatic carbocycles. The first-order valence-corrected chi connectivity index (χ1v) is 9.68. The smallest absolute Gasteiger partial charge is 0.326 e. The van der Waals surface area contributed by atoms with Crippen LogP contribution in [0.5, 0.6) is 0 Å². The number of fused-ring (bicyclic) bond motifs is 1. The first-order chi connectivity index (χ1) is 14.3. The average molecular weight is 407 g/mol. The minimum absolute atomic E-state index is 0.124. The van der Waals surface area contributed by atoms with Gasteiger partial charge in [-0.3, -0.25) is 14.3 Å². The second-order valence-corrected chi connectivity index (χ2v) is 7.40. The molecule has 1 aliphatic heterocycles.